The molecule has 2 aromatic rings. The standard InChI is InChI=1S/C26H36ClNO2/c1-17(2)21-11-8-10-19(15-26(4,5)6)23(21)13-20(16-29)28-25(30)14-22-18(3)9-7-12-24(22)27/h7-12,17,20,29H,13-16H2,1-6H3,(H,28,30). The first-order chi connectivity index (χ1) is 14.0. The maximum atomic E-state index is 12.7. The molecule has 0 aliphatic heterocycles. The molecule has 0 saturated carbocycles. The van der Waals surface area contributed by atoms with Crippen molar-refractivity contribution in [1.29, 1.82) is 0 Å². The zero-order valence-electron chi connectivity index (χ0n) is 19.2. The predicted octanol–water partition coefficient (Wildman–Crippen LogP) is 5.62. The van der Waals surface area contributed by atoms with Gasteiger partial charge in [-0.2, -0.15) is 0 Å². The van der Waals surface area contributed by atoms with Crippen LogP contribution >= 0.6 is 11.6 Å². The second kappa shape index (κ2) is 10.5. The Bertz CT molecular complexity index is 848. The molecule has 30 heavy (non-hydrogen) atoms. The summed E-state index contributed by atoms with van der Waals surface area (Å²) < 4.78 is 0. The van der Waals surface area contributed by atoms with Gasteiger partial charge in [0.1, 0.15) is 0 Å². The summed E-state index contributed by atoms with van der Waals surface area (Å²) in [6.07, 6.45) is 1.78. The van der Waals surface area contributed by atoms with Crippen LogP contribution in [0.4, 0.5) is 0 Å². The smallest absolute Gasteiger partial charge is 0.224 e. The van der Waals surface area contributed by atoms with Crippen molar-refractivity contribution in [3.8, 4) is 0 Å². The van der Waals surface area contributed by atoms with E-state index in [1.165, 1.54) is 16.7 Å². The van der Waals surface area contributed by atoms with Crippen molar-refractivity contribution >= 4 is 17.5 Å². The number of carbonyl (C=O) groups is 1. The Labute approximate surface area is 186 Å². The van der Waals surface area contributed by atoms with Crippen LogP contribution in [0.25, 0.3) is 0 Å². The minimum atomic E-state index is -0.334. The molecule has 2 rings (SSSR count). The van der Waals surface area contributed by atoms with E-state index < -0.39 is 0 Å². The van der Waals surface area contributed by atoms with E-state index in [1.807, 2.05) is 19.1 Å². The molecule has 2 N–H and O–H groups in total. The van der Waals surface area contributed by atoms with E-state index in [4.69, 9.17) is 11.6 Å². The molecule has 4 heteroatoms. The molecule has 0 spiro atoms. The highest BCUT2D eigenvalue weighted by atomic mass is 35.5. The van der Waals surface area contributed by atoms with Gasteiger partial charge in [0.25, 0.3) is 0 Å². The van der Waals surface area contributed by atoms with Crippen LogP contribution in [0.5, 0.6) is 0 Å². The average molecular weight is 430 g/mol. The number of rotatable bonds is 8. The second-order valence-electron chi connectivity index (χ2n) is 9.74. The van der Waals surface area contributed by atoms with Crippen LogP contribution in [0.1, 0.15) is 68.4 Å². The number of aryl methyl sites for hydroxylation is 1. The summed E-state index contributed by atoms with van der Waals surface area (Å²) in [6, 6.07) is 11.8. The minimum absolute atomic E-state index is 0.103. The van der Waals surface area contributed by atoms with E-state index in [0.717, 1.165) is 17.5 Å². The van der Waals surface area contributed by atoms with Crippen molar-refractivity contribution < 1.29 is 9.90 Å². The Hall–Kier alpha value is -1.84. The van der Waals surface area contributed by atoms with Crippen LogP contribution in [0.3, 0.4) is 0 Å². The third-order valence-electron chi connectivity index (χ3n) is 5.38. The van der Waals surface area contributed by atoms with Gasteiger partial charge >= 0.3 is 0 Å². The van der Waals surface area contributed by atoms with Crippen molar-refractivity contribution in [2.75, 3.05) is 6.61 Å². The Morgan fingerprint density at radius 1 is 1.10 bits per heavy atom. The number of hydrogen-bond acceptors (Lipinski definition) is 2. The SMILES string of the molecule is Cc1cccc(Cl)c1CC(=O)NC(CO)Cc1c(CC(C)(C)C)cccc1C(C)C. The third-order valence-corrected chi connectivity index (χ3v) is 5.73. The fourth-order valence-corrected chi connectivity index (χ4v) is 4.21. The van der Waals surface area contributed by atoms with Gasteiger partial charge in [-0.05, 0) is 65.0 Å². The summed E-state index contributed by atoms with van der Waals surface area (Å²) >= 11 is 6.28. The maximum absolute atomic E-state index is 12.7. The first-order valence-corrected chi connectivity index (χ1v) is 11.1. The number of hydrogen-bond donors (Lipinski definition) is 2. The van der Waals surface area contributed by atoms with Crippen LogP contribution in [0, 0.1) is 12.3 Å². The third kappa shape index (κ3) is 6.85. The lowest BCUT2D eigenvalue weighted by Crippen LogP contribution is -2.40. The van der Waals surface area contributed by atoms with Gasteiger partial charge in [-0.25, -0.2) is 0 Å². The molecule has 0 aliphatic rings. The molecule has 1 amide bonds. The molecule has 164 valence electrons. The minimum Gasteiger partial charge on any atom is -0.394 e. The second-order valence-corrected chi connectivity index (χ2v) is 10.1. The summed E-state index contributed by atoms with van der Waals surface area (Å²) in [5.74, 6) is 0.255. The topological polar surface area (TPSA) is 49.3 Å². The van der Waals surface area contributed by atoms with Crippen molar-refractivity contribution in [1.82, 2.24) is 5.32 Å². The van der Waals surface area contributed by atoms with Crippen molar-refractivity contribution in [3.05, 3.63) is 69.2 Å². The van der Waals surface area contributed by atoms with Gasteiger partial charge in [0.05, 0.1) is 19.1 Å². The van der Waals surface area contributed by atoms with E-state index >= 15 is 0 Å². The van der Waals surface area contributed by atoms with E-state index in [0.29, 0.717) is 17.4 Å². The molecule has 3 nitrogen and oxygen atoms in total. The fraction of sp³-hybridized carbons (Fsp3) is 0.500. The Balaban J connectivity index is 2.23. The fourth-order valence-electron chi connectivity index (χ4n) is 3.92. The van der Waals surface area contributed by atoms with Gasteiger partial charge in [0.2, 0.25) is 5.91 Å². The van der Waals surface area contributed by atoms with Crippen LogP contribution in [0.15, 0.2) is 36.4 Å². The predicted molar refractivity (Wildman–Crippen MR) is 126 cm³/mol. The van der Waals surface area contributed by atoms with Gasteiger partial charge < -0.3 is 10.4 Å². The van der Waals surface area contributed by atoms with Crippen molar-refractivity contribution in [3.63, 3.8) is 0 Å². The zero-order chi connectivity index (χ0) is 22.5. The van der Waals surface area contributed by atoms with E-state index in [-0.39, 0.29) is 30.4 Å². The molecule has 0 saturated heterocycles. The number of amides is 1. The lowest BCUT2D eigenvalue weighted by atomic mass is 9.82. The van der Waals surface area contributed by atoms with Gasteiger partial charge in [-0.1, -0.05) is 76.6 Å². The van der Waals surface area contributed by atoms with Crippen LogP contribution in [-0.4, -0.2) is 23.7 Å². The normalized spacial score (nSPS) is 12.8. The summed E-state index contributed by atoms with van der Waals surface area (Å²) in [5, 5.41) is 13.7. The molecule has 0 fully saturated rings. The van der Waals surface area contributed by atoms with E-state index in [9.17, 15) is 9.90 Å². The largest absolute Gasteiger partial charge is 0.394 e. The Morgan fingerprint density at radius 2 is 1.77 bits per heavy atom. The Morgan fingerprint density at radius 3 is 2.33 bits per heavy atom. The molecule has 0 heterocycles. The molecule has 0 radical (unpaired) electrons. The van der Waals surface area contributed by atoms with Crippen molar-refractivity contribution in [2.45, 2.75) is 72.8 Å². The summed E-state index contributed by atoms with van der Waals surface area (Å²) in [6.45, 7) is 12.9. The van der Waals surface area contributed by atoms with Gasteiger partial charge in [-0.15, -0.1) is 0 Å². The number of nitrogens with one attached hydrogen (secondary N) is 1. The monoisotopic (exact) mass is 429 g/mol. The highest BCUT2D eigenvalue weighted by molar-refractivity contribution is 6.31. The maximum Gasteiger partial charge on any atom is 0.224 e. The van der Waals surface area contributed by atoms with Crippen LogP contribution in [-0.2, 0) is 24.1 Å². The zero-order valence-corrected chi connectivity index (χ0v) is 19.9. The van der Waals surface area contributed by atoms with Crippen LogP contribution in [0.2, 0.25) is 5.02 Å². The first-order valence-electron chi connectivity index (χ1n) is 10.8. The lowest BCUT2D eigenvalue weighted by molar-refractivity contribution is -0.121. The molecular weight excluding hydrogens is 394 g/mol. The van der Waals surface area contributed by atoms with E-state index in [1.54, 1.807) is 6.07 Å². The number of carbonyl (C=O) groups excluding carboxylic acids is 1. The quantitative estimate of drug-likeness (QED) is 0.571. The number of benzene rings is 2. The van der Waals surface area contributed by atoms with E-state index in [2.05, 4.69) is 58.1 Å². The van der Waals surface area contributed by atoms with Gasteiger partial charge in [0.15, 0.2) is 0 Å². The van der Waals surface area contributed by atoms with Gasteiger partial charge in [-0.3, -0.25) is 4.79 Å². The average Bonchev–Trinajstić information content (AvgIpc) is 2.64. The number of aliphatic hydroxyl groups excluding tert-OH is 1. The number of aliphatic hydroxyl groups is 1. The molecule has 0 aliphatic carbocycles. The first kappa shape index (κ1) is 24.4. The highest BCUT2D eigenvalue weighted by Gasteiger charge is 2.21. The molecule has 0 bridgehead atoms. The van der Waals surface area contributed by atoms with Crippen LogP contribution < -0.4 is 5.32 Å². The molecule has 0 aromatic heterocycles. The molecular formula is C26H36ClNO2. The number of halogens is 1. The van der Waals surface area contributed by atoms with Crippen molar-refractivity contribution in [2.24, 2.45) is 5.41 Å². The molecule has 1 unspecified atom stereocenters. The summed E-state index contributed by atoms with van der Waals surface area (Å²) in [5.41, 5.74) is 5.81. The summed E-state index contributed by atoms with van der Waals surface area (Å²) in [7, 11) is 0. The lowest BCUT2D eigenvalue weighted by Gasteiger charge is -2.26. The highest BCUT2D eigenvalue weighted by Crippen LogP contribution is 2.29. The Kier molecular flexibility index (Phi) is 8.52. The molecule has 2 aromatic carbocycles. The summed E-state index contributed by atoms with van der Waals surface area (Å²) in [4.78, 5) is 12.7. The van der Waals surface area contributed by atoms with Gasteiger partial charge in [0, 0.05) is 5.02 Å². The molecule has 1 atom stereocenters.